The smallest absolute Gasteiger partial charge is 0.244 e. The van der Waals surface area contributed by atoms with E-state index in [0.717, 1.165) is 25.8 Å². The van der Waals surface area contributed by atoms with Crippen LogP contribution in [0.5, 0.6) is 0 Å². The van der Waals surface area contributed by atoms with Crippen LogP contribution in [-0.2, 0) is 15.6 Å². The van der Waals surface area contributed by atoms with Crippen LogP contribution in [0.3, 0.4) is 0 Å². The largest absolute Gasteiger partial charge is 0.325 e. The van der Waals surface area contributed by atoms with E-state index in [2.05, 4.69) is 10.2 Å². The number of carbonyl (C=O) groups excluding carboxylic acids is 1. The maximum atomic E-state index is 12.5. The van der Waals surface area contributed by atoms with E-state index in [1.807, 2.05) is 0 Å². The summed E-state index contributed by atoms with van der Waals surface area (Å²) in [5.74, 6) is 1.65. The van der Waals surface area contributed by atoms with E-state index in [1.165, 1.54) is 25.7 Å². The summed E-state index contributed by atoms with van der Waals surface area (Å²) in [6, 6.07) is 0. The highest BCUT2D eigenvalue weighted by atomic mass is 32.2. The lowest BCUT2D eigenvalue weighted by Gasteiger charge is -2.28. The Hall–Kier alpha value is -0.420. The van der Waals surface area contributed by atoms with E-state index in [9.17, 15) is 9.00 Å². The highest BCUT2D eigenvalue weighted by Gasteiger charge is 2.60. The van der Waals surface area contributed by atoms with Crippen LogP contribution in [0.2, 0.25) is 0 Å². The first-order valence-electron chi connectivity index (χ1n) is 7.51. The molecule has 4 nitrogen and oxygen atoms in total. The van der Waals surface area contributed by atoms with Crippen LogP contribution < -0.4 is 5.32 Å². The van der Waals surface area contributed by atoms with Gasteiger partial charge in [-0.2, -0.15) is 0 Å². The summed E-state index contributed by atoms with van der Waals surface area (Å²) in [6.07, 6.45) is 9.96. The number of hydrogen-bond donors (Lipinski definition) is 1. The van der Waals surface area contributed by atoms with Crippen molar-refractivity contribution in [2.45, 2.75) is 56.7 Å². The second-order valence-corrected chi connectivity index (χ2v) is 7.90. The van der Waals surface area contributed by atoms with E-state index >= 15 is 0 Å². The van der Waals surface area contributed by atoms with Crippen molar-refractivity contribution in [3.8, 4) is 0 Å². The first kappa shape index (κ1) is 13.6. The molecule has 1 amide bonds. The standard InChI is InChI=1S/C14H24N2O2S/c1-19(18)10-4-9-16-12(11-5-2-3-6-11)15-14(7-8-14)13(16)17/h11-12,15H,2-10H2,1H3. The summed E-state index contributed by atoms with van der Waals surface area (Å²) in [5.41, 5.74) is -0.196. The summed E-state index contributed by atoms with van der Waals surface area (Å²) in [7, 11) is -0.752. The van der Waals surface area contributed by atoms with Crippen LogP contribution in [0.1, 0.15) is 44.9 Å². The van der Waals surface area contributed by atoms with Crippen molar-refractivity contribution in [3.05, 3.63) is 0 Å². The van der Waals surface area contributed by atoms with Gasteiger partial charge in [-0.1, -0.05) is 12.8 Å². The molecule has 19 heavy (non-hydrogen) atoms. The molecular formula is C14H24N2O2S. The van der Waals surface area contributed by atoms with Gasteiger partial charge in [0.15, 0.2) is 0 Å². The molecule has 0 radical (unpaired) electrons. The minimum Gasteiger partial charge on any atom is -0.325 e. The molecule has 0 aromatic carbocycles. The van der Waals surface area contributed by atoms with E-state index in [4.69, 9.17) is 0 Å². The molecule has 1 N–H and O–H groups in total. The van der Waals surface area contributed by atoms with Crippen molar-refractivity contribution in [1.82, 2.24) is 10.2 Å². The molecule has 1 spiro atoms. The van der Waals surface area contributed by atoms with E-state index < -0.39 is 10.8 Å². The van der Waals surface area contributed by atoms with Crippen LogP contribution in [0.4, 0.5) is 0 Å². The average molecular weight is 284 g/mol. The lowest BCUT2D eigenvalue weighted by Crippen LogP contribution is -2.43. The van der Waals surface area contributed by atoms with Crippen LogP contribution in [0.25, 0.3) is 0 Å². The summed E-state index contributed by atoms with van der Waals surface area (Å²) < 4.78 is 11.2. The van der Waals surface area contributed by atoms with E-state index in [-0.39, 0.29) is 11.7 Å². The Kier molecular flexibility index (Phi) is 3.69. The quantitative estimate of drug-likeness (QED) is 0.826. The zero-order valence-corrected chi connectivity index (χ0v) is 12.5. The molecular weight excluding hydrogens is 260 g/mol. The normalized spacial score (nSPS) is 31.3. The first-order valence-corrected chi connectivity index (χ1v) is 9.24. The molecule has 3 rings (SSSR count). The fraction of sp³-hybridized carbons (Fsp3) is 0.929. The number of rotatable bonds is 5. The van der Waals surface area contributed by atoms with Crippen LogP contribution in [-0.4, -0.2) is 45.3 Å². The molecule has 2 saturated carbocycles. The monoisotopic (exact) mass is 284 g/mol. The van der Waals surface area contributed by atoms with Gasteiger partial charge in [0.1, 0.15) is 0 Å². The third-order valence-corrected chi connectivity index (χ3v) is 5.72. The molecule has 108 valence electrons. The average Bonchev–Trinajstić information content (AvgIpc) is 2.84. The molecule has 0 aromatic heterocycles. The Morgan fingerprint density at radius 1 is 1.37 bits per heavy atom. The topological polar surface area (TPSA) is 49.4 Å². The second-order valence-electron chi connectivity index (χ2n) is 6.35. The molecule has 2 unspecified atom stereocenters. The molecule has 3 aliphatic rings. The molecule has 3 fully saturated rings. The summed E-state index contributed by atoms with van der Waals surface area (Å²) in [4.78, 5) is 14.6. The predicted octanol–water partition coefficient (Wildman–Crippen LogP) is 1.24. The van der Waals surface area contributed by atoms with E-state index in [0.29, 0.717) is 17.6 Å². The number of amides is 1. The third kappa shape index (κ3) is 2.59. The Balaban J connectivity index is 1.66. The molecule has 5 heteroatoms. The number of hydrogen-bond acceptors (Lipinski definition) is 3. The Morgan fingerprint density at radius 3 is 2.63 bits per heavy atom. The van der Waals surface area contributed by atoms with Crippen LogP contribution in [0.15, 0.2) is 0 Å². The number of carbonyl (C=O) groups is 1. The van der Waals surface area contributed by atoms with Crippen LogP contribution in [0, 0.1) is 5.92 Å². The fourth-order valence-corrected chi connectivity index (χ4v) is 4.17. The highest BCUT2D eigenvalue weighted by Crippen LogP contribution is 2.45. The van der Waals surface area contributed by atoms with Crippen molar-refractivity contribution in [3.63, 3.8) is 0 Å². The maximum absolute atomic E-state index is 12.5. The Morgan fingerprint density at radius 2 is 2.05 bits per heavy atom. The van der Waals surface area contributed by atoms with Gasteiger partial charge < -0.3 is 4.90 Å². The van der Waals surface area contributed by atoms with Crippen molar-refractivity contribution in [1.29, 1.82) is 0 Å². The Labute approximate surface area is 117 Å². The van der Waals surface area contributed by atoms with Gasteiger partial charge in [-0.3, -0.25) is 14.3 Å². The summed E-state index contributed by atoms with van der Waals surface area (Å²) in [6.45, 7) is 0.772. The zero-order valence-electron chi connectivity index (χ0n) is 11.7. The first-order chi connectivity index (χ1) is 9.12. The SMILES string of the molecule is CS(=O)CCCN1C(=O)C2(CC2)NC1C1CCCC1. The fourth-order valence-electron chi connectivity index (χ4n) is 3.63. The van der Waals surface area contributed by atoms with Gasteiger partial charge in [-0.15, -0.1) is 0 Å². The van der Waals surface area contributed by atoms with Gasteiger partial charge in [0, 0.05) is 29.4 Å². The van der Waals surface area contributed by atoms with Gasteiger partial charge in [0.05, 0.1) is 11.7 Å². The molecule has 2 aliphatic carbocycles. The van der Waals surface area contributed by atoms with Crippen molar-refractivity contribution in [2.24, 2.45) is 5.92 Å². The van der Waals surface area contributed by atoms with Gasteiger partial charge in [-0.05, 0) is 38.0 Å². The summed E-state index contributed by atoms with van der Waals surface area (Å²) >= 11 is 0. The second kappa shape index (κ2) is 5.17. The number of nitrogens with zero attached hydrogens (tertiary/aromatic N) is 1. The lowest BCUT2D eigenvalue weighted by molar-refractivity contribution is -0.131. The van der Waals surface area contributed by atoms with Gasteiger partial charge >= 0.3 is 0 Å². The van der Waals surface area contributed by atoms with E-state index in [1.54, 1.807) is 6.26 Å². The van der Waals surface area contributed by atoms with Gasteiger partial charge in [0.25, 0.3) is 0 Å². The third-order valence-electron chi connectivity index (χ3n) is 4.86. The molecule has 1 aliphatic heterocycles. The maximum Gasteiger partial charge on any atom is 0.244 e. The number of nitrogens with one attached hydrogen (secondary N) is 1. The predicted molar refractivity (Wildman–Crippen MR) is 76.1 cm³/mol. The molecule has 0 bridgehead atoms. The van der Waals surface area contributed by atoms with Crippen molar-refractivity contribution in [2.75, 3.05) is 18.6 Å². The van der Waals surface area contributed by atoms with Gasteiger partial charge in [-0.25, -0.2) is 0 Å². The summed E-state index contributed by atoms with van der Waals surface area (Å²) in [5, 5.41) is 3.62. The highest BCUT2D eigenvalue weighted by molar-refractivity contribution is 7.84. The molecule has 0 aromatic rings. The van der Waals surface area contributed by atoms with Gasteiger partial charge in [0.2, 0.25) is 5.91 Å². The minimum absolute atomic E-state index is 0.196. The van der Waals surface area contributed by atoms with Crippen LogP contribution >= 0.6 is 0 Å². The minimum atomic E-state index is -0.752. The van der Waals surface area contributed by atoms with Crippen molar-refractivity contribution < 1.29 is 9.00 Å². The Bertz CT molecular complexity index is 389. The zero-order chi connectivity index (χ0) is 13.5. The molecule has 1 heterocycles. The molecule has 2 atom stereocenters. The molecule has 1 saturated heterocycles. The lowest BCUT2D eigenvalue weighted by atomic mass is 10.0. The van der Waals surface area contributed by atoms with Crippen molar-refractivity contribution >= 4 is 16.7 Å².